The molecule has 2 aromatic carbocycles. The summed E-state index contributed by atoms with van der Waals surface area (Å²) in [5, 5.41) is 2.74. The smallest absolute Gasteiger partial charge is 0.387 e. The molecule has 0 atom stereocenters. The third-order valence-electron chi connectivity index (χ3n) is 3.49. The number of carbonyl (C=O) groups excluding carboxylic acids is 1. The second-order valence-corrected chi connectivity index (χ2v) is 5.39. The monoisotopic (exact) mass is 350 g/mol. The number of urea groups is 1. The van der Waals surface area contributed by atoms with Gasteiger partial charge in [0.2, 0.25) is 0 Å². The number of carbonyl (C=O) groups is 1. The Hall–Kier alpha value is -2.83. The molecule has 0 fully saturated rings. The van der Waals surface area contributed by atoms with Gasteiger partial charge in [-0.3, -0.25) is 0 Å². The Morgan fingerprint density at radius 2 is 1.84 bits per heavy atom. The Labute approximate surface area is 145 Å². The molecule has 2 aromatic rings. The Balaban J connectivity index is 1.86. The van der Waals surface area contributed by atoms with Crippen molar-refractivity contribution in [3.05, 3.63) is 59.7 Å². The van der Waals surface area contributed by atoms with E-state index in [1.165, 1.54) is 17.0 Å². The highest BCUT2D eigenvalue weighted by molar-refractivity contribution is 5.73. The number of hydrogen-bond donors (Lipinski definition) is 1. The van der Waals surface area contributed by atoms with Crippen LogP contribution in [-0.2, 0) is 13.1 Å². The highest BCUT2D eigenvalue weighted by Gasteiger charge is 2.10. The summed E-state index contributed by atoms with van der Waals surface area (Å²) in [5.74, 6) is 0.815. The molecule has 25 heavy (non-hydrogen) atoms. The van der Waals surface area contributed by atoms with Crippen molar-refractivity contribution in [3.8, 4) is 11.5 Å². The van der Waals surface area contributed by atoms with Gasteiger partial charge < -0.3 is 19.7 Å². The van der Waals surface area contributed by atoms with Crippen molar-refractivity contribution in [1.29, 1.82) is 0 Å². The van der Waals surface area contributed by atoms with Gasteiger partial charge in [-0.1, -0.05) is 24.3 Å². The molecular formula is C18H20F2N2O3. The average molecular weight is 350 g/mol. The van der Waals surface area contributed by atoms with E-state index in [0.29, 0.717) is 12.1 Å². The Morgan fingerprint density at radius 3 is 2.48 bits per heavy atom. The molecule has 0 radical (unpaired) electrons. The van der Waals surface area contributed by atoms with Gasteiger partial charge in [-0.25, -0.2) is 4.79 Å². The van der Waals surface area contributed by atoms with Crippen LogP contribution in [0.2, 0.25) is 0 Å². The molecule has 0 bridgehead atoms. The van der Waals surface area contributed by atoms with E-state index in [1.54, 1.807) is 26.3 Å². The maximum atomic E-state index is 12.2. The number of hydrogen-bond acceptors (Lipinski definition) is 3. The molecule has 2 amide bonds. The normalized spacial score (nSPS) is 10.4. The minimum atomic E-state index is -2.87. The van der Waals surface area contributed by atoms with E-state index in [4.69, 9.17) is 4.74 Å². The van der Waals surface area contributed by atoms with Gasteiger partial charge in [0.15, 0.2) is 0 Å². The molecule has 0 saturated heterocycles. The number of rotatable bonds is 7. The van der Waals surface area contributed by atoms with Gasteiger partial charge in [-0.05, 0) is 35.4 Å². The number of halogens is 2. The molecule has 5 nitrogen and oxygen atoms in total. The predicted octanol–water partition coefficient (Wildman–Crippen LogP) is 3.64. The zero-order chi connectivity index (χ0) is 18.2. The number of benzene rings is 2. The molecular weight excluding hydrogens is 330 g/mol. The third kappa shape index (κ3) is 5.95. The molecule has 0 unspecified atom stereocenters. The molecule has 0 aliphatic heterocycles. The fraction of sp³-hybridized carbons (Fsp3) is 0.278. The number of methoxy groups -OCH3 is 1. The van der Waals surface area contributed by atoms with Crippen LogP contribution >= 0.6 is 0 Å². The van der Waals surface area contributed by atoms with Crippen LogP contribution in [0, 0.1) is 0 Å². The average Bonchev–Trinajstić information content (AvgIpc) is 2.60. The van der Waals surface area contributed by atoms with Crippen molar-refractivity contribution in [2.24, 2.45) is 0 Å². The first-order chi connectivity index (χ1) is 12.0. The van der Waals surface area contributed by atoms with Gasteiger partial charge in [0.1, 0.15) is 11.5 Å². The van der Waals surface area contributed by atoms with Crippen LogP contribution in [0.15, 0.2) is 48.5 Å². The first-order valence-corrected chi connectivity index (χ1v) is 7.63. The van der Waals surface area contributed by atoms with Gasteiger partial charge >= 0.3 is 12.6 Å². The molecule has 0 saturated carbocycles. The molecule has 0 aromatic heterocycles. The largest absolute Gasteiger partial charge is 0.497 e. The minimum Gasteiger partial charge on any atom is -0.497 e. The van der Waals surface area contributed by atoms with Crippen molar-refractivity contribution >= 4 is 6.03 Å². The van der Waals surface area contributed by atoms with Gasteiger partial charge in [-0.2, -0.15) is 8.78 Å². The van der Waals surface area contributed by atoms with Crippen LogP contribution in [-0.4, -0.2) is 31.7 Å². The third-order valence-corrected chi connectivity index (χ3v) is 3.49. The van der Waals surface area contributed by atoms with Crippen molar-refractivity contribution in [1.82, 2.24) is 10.2 Å². The Kier molecular flexibility index (Phi) is 6.56. The number of nitrogens with zero attached hydrogens (tertiary/aromatic N) is 1. The van der Waals surface area contributed by atoms with Crippen molar-refractivity contribution < 1.29 is 23.0 Å². The van der Waals surface area contributed by atoms with Crippen LogP contribution < -0.4 is 14.8 Å². The number of alkyl halides is 2. The number of ether oxygens (including phenoxy) is 2. The van der Waals surface area contributed by atoms with Crippen LogP contribution in [0.4, 0.5) is 13.6 Å². The summed E-state index contributed by atoms with van der Waals surface area (Å²) in [7, 11) is 3.27. The molecule has 0 heterocycles. The van der Waals surface area contributed by atoms with E-state index < -0.39 is 6.61 Å². The van der Waals surface area contributed by atoms with Gasteiger partial charge in [0, 0.05) is 20.1 Å². The minimum absolute atomic E-state index is 0.0633. The lowest BCUT2D eigenvalue weighted by Gasteiger charge is -2.18. The van der Waals surface area contributed by atoms with E-state index in [0.717, 1.165) is 11.3 Å². The summed E-state index contributed by atoms with van der Waals surface area (Å²) >= 11 is 0. The summed E-state index contributed by atoms with van der Waals surface area (Å²) < 4.78 is 33.9. The second kappa shape index (κ2) is 8.86. The maximum absolute atomic E-state index is 12.2. The standard InChI is InChI=1S/C18H20F2N2O3/c1-22(12-13-6-8-15(24-2)9-7-13)18(23)21-11-14-4-3-5-16(10-14)25-17(19)20/h3-10,17H,11-12H2,1-2H3,(H,21,23). The molecule has 0 spiro atoms. The molecule has 2 rings (SSSR count). The van der Waals surface area contributed by atoms with Gasteiger partial charge in [-0.15, -0.1) is 0 Å². The molecule has 134 valence electrons. The summed E-state index contributed by atoms with van der Waals surface area (Å²) in [6.45, 7) is -2.23. The van der Waals surface area contributed by atoms with Crippen LogP contribution in [0.3, 0.4) is 0 Å². The van der Waals surface area contributed by atoms with E-state index in [9.17, 15) is 13.6 Å². The second-order valence-electron chi connectivity index (χ2n) is 5.39. The van der Waals surface area contributed by atoms with E-state index in [2.05, 4.69) is 10.1 Å². The van der Waals surface area contributed by atoms with Crippen molar-refractivity contribution in [2.75, 3.05) is 14.2 Å². The molecule has 1 N–H and O–H groups in total. The zero-order valence-electron chi connectivity index (χ0n) is 14.0. The van der Waals surface area contributed by atoms with E-state index in [1.807, 2.05) is 24.3 Å². The van der Waals surface area contributed by atoms with Crippen LogP contribution in [0.5, 0.6) is 11.5 Å². The lowest BCUT2D eigenvalue weighted by atomic mass is 10.2. The lowest BCUT2D eigenvalue weighted by Crippen LogP contribution is -2.36. The summed E-state index contributed by atoms with van der Waals surface area (Å²) in [6, 6.07) is 13.4. The highest BCUT2D eigenvalue weighted by Crippen LogP contribution is 2.16. The molecule has 0 aliphatic rings. The zero-order valence-corrected chi connectivity index (χ0v) is 14.0. The summed E-state index contributed by atoms with van der Waals surface area (Å²) in [5.41, 5.74) is 1.63. The quantitative estimate of drug-likeness (QED) is 0.829. The number of nitrogens with one attached hydrogen (secondary N) is 1. The Morgan fingerprint density at radius 1 is 1.12 bits per heavy atom. The fourth-order valence-corrected chi connectivity index (χ4v) is 2.22. The lowest BCUT2D eigenvalue weighted by molar-refractivity contribution is -0.0498. The van der Waals surface area contributed by atoms with E-state index in [-0.39, 0.29) is 18.3 Å². The fourth-order valence-electron chi connectivity index (χ4n) is 2.22. The molecule has 0 aliphatic carbocycles. The van der Waals surface area contributed by atoms with Crippen LogP contribution in [0.1, 0.15) is 11.1 Å². The summed E-state index contributed by atoms with van der Waals surface area (Å²) in [6.07, 6.45) is 0. The van der Waals surface area contributed by atoms with E-state index >= 15 is 0 Å². The van der Waals surface area contributed by atoms with Gasteiger partial charge in [0.05, 0.1) is 7.11 Å². The first-order valence-electron chi connectivity index (χ1n) is 7.63. The maximum Gasteiger partial charge on any atom is 0.387 e. The topological polar surface area (TPSA) is 50.8 Å². The first kappa shape index (κ1) is 18.5. The van der Waals surface area contributed by atoms with Crippen molar-refractivity contribution in [3.63, 3.8) is 0 Å². The highest BCUT2D eigenvalue weighted by atomic mass is 19.3. The predicted molar refractivity (Wildman–Crippen MR) is 89.8 cm³/mol. The number of amides is 2. The Bertz CT molecular complexity index is 693. The van der Waals surface area contributed by atoms with Crippen molar-refractivity contribution in [2.45, 2.75) is 19.7 Å². The SMILES string of the molecule is COc1ccc(CN(C)C(=O)NCc2cccc(OC(F)F)c2)cc1. The van der Waals surface area contributed by atoms with Crippen LogP contribution in [0.25, 0.3) is 0 Å². The summed E-state index contributed by atoms with van der Waals surface area (Å²) in [4.78, 5) is 13.7. The van der Waals surface area contributed by atoms with Gasteiger partial charge in [0.25, 0.3) is 0 Å². The molecule has 7 heteroatoms.